The van der Waals surface area contributed by atoms with Gasteiger partial charge in [-0.1, -0.05) is 66.2 Å². The number of alkyl halides is 2. The number of likely N-dealkylation sites (tertiary alicyclic amines) is 1. The number of amides is 3. The SMILES string of the molecule is Cc1ccc(NC(=O)CN2C(=O)[C@@H]3[C@H](C2=O)C2(Cl)c4ccccc4C3(Cl)c3ccccc32)cc1. The van der Waals surface area contributed by atoms with Crippen molar-refractivity contribution in [3.63, 3.8) is 0 Å². The zero-order chi connectivity index (χ0) is 23.8. The number of anilines is 1. The molecule has 5 nitrogen and oxygen atoms in total. The smallest absolute Gasteiger partial charge is 0.244 e. The van der Waals surface area contributed by atoms with Crippen molar-refractivity contribution in [3.8, 4) is 0 Å². The van der Waals surface area contributed by atoms with Crippen LogP contribution >= 0.6 is 23.2 Å². The van der Waals surface area contributed by atoms with Crippen LogP contribution in [0.25, 0.3) is 0 Å². The Balaban J connectivity index is 1.42. The second-order valence-electron chi connectivity index (χ2n) is 9.15. The molecule has 1 heterocycles. The fourth-order valence-corrected chi connectivity index (χ4v) is 6.96. The van der Waals surface area contributed by atoms with E-state index in [1.807, 2.05) is 67.6 Å². The minimum atomic E-state index is -1.25. The van der Waals surface area contributed by atoms with Crippen molar-refractivity contribution in [2.75, 3.05) is 11.9 Å². The second kappa shape index (κ2) is 7.17. The van der Waals surface area contributed by atoms with Gasteiger partial charge in [0.2, 0.25) is 17.7 Å². The third-order valence-electron chi connectivity index (χ3n) is 7.31. The summed E-state index contributed by atoms with van der Waals surface area (Å²) in [5.74, 6) is -3.22. The predicted octanol–water partition coefficient (Wildman–Crippen LogP) is 4.53. The maximum atomic E-state index is 13.7. The highest BCUT2D eigenvalue weighted by atomic mass is 35.5. The zero-order valence-electron chi connectivity index (χ0n) is 18.2. The molecule has 2 atom stereocenters. The van der Waals surface area contributed by atoms with Crippen LogP contribution in [0.4, 0.5) is 5.69 Å². The molecule has 3 amide bonds. The monoisotopic (exact) mass is 490 g/mol. The van der Waals surface area contributed by atoms with Crippen LogP contribution in [0, 0.1) is 18.8 Å². The van der Waals surface area contributed by atoms with Crippen LogP contribution in [-0.2, 0) is 24.1 Å². The van der Waals surface area contributed by atoms with Gasteiger partial charge in [0, 0.05) is 5.69 Å². The lowest BCUT2D eigenvalue weighted by Crippen LogP contribution is -2.57. The van der Waals surface area contributed by atoms with Crippen molar-refractivity contribution >= 4 is 46.6 Å². The first-order valence-electron chi connectivity index (χ1n) is 11.1. The Morgan fingerprint density at radius 1 is 0.794 bits per heavy atom. The third-order valence-corrected chi connectivity index (χ3v) is 8.60. The van der Waals surface area contributed by atoms with Crippen LogP contribution in [0.3, 0.4) is 0 Å². The van der Waals surface area contributed by atoms with E-state index in [4.69, 9.17) is 23.2 Å². The minimum absolute atomic E-state index is 0.398. The number of nitrogens with zero attached hydrogens (tertiary/aromatic N) is 1. The quantitative estimate of drug-likeness (QED) is 0.433. The third kappa shape index (κ3) is 2.60. The van der Waals surface area contributed by atoms with Gasteiger partial charge >= 0.3 is 0 Å². The summed E-state index contributed by atoms with van der Waals surface area (Å²) in [6.07, 6.45) is 0. The number of carbonyl (C=O) groups is 3. The maximum absolute atomic E-state index is 13.7. The molecule has 1 N–H and O–H groups in total. The van der Waals surface area contributed by atoms with Gasteiger partial charge in [-0.05, 0) is 41.3 Å². The summed E-state index contributed by atoms with van der Waals surface area (Å²) in [6.45, 7) is 1.55. The largest absolute Gasteiger partial charge is 0.325 e. The lowest BCUT2D eigenvalue weighted by molar-refractivity contribution is -0.142. The number of hydrogen-bond acceptors (Lipinski definition) is 3. The molecule has 7 rings (SSSR count). The lowest BCUT2D eigenvalue weighted by Gasteiger charge is -2.54. The van der Waals surface area contributed by atoms with E-state index in [-0.39, 0.29) is 0 Å². The first-order chi connectivity index (χ1) is 16.3. The molecule has 3 aliphatic carbocycles. The van der Waals surface area contributed by atoms with Crippen molar-refractivity contribution in [2.24, 2.45) is 11.8 Å². The van der Waals surface area contributed by atoms with Crippen LogP contribution < -0.4 is 5.32 Å². The van der Waals surface area contributed by atoms with E-state index in [0.29, 0.717) is 5.69 Å². The fraction of sp³-hybridized carbons (Fsp3) is 0.222. The summed E-state index contributed by atoms with van der Waals surface area (Å²) in [5, 5.41) is 2.76. The highest BCUT2D eigenvalue weighted by Gasteiger charge is 2.73. The Morgan fingerprint density at radius 2 is 1.21 bits per heavy atom. The Morgan fingerprint density at radius 3 is 1.62 bits per heavy atom. The Bertz CT molecular complexity index is 1260. The molecule has 170 valence electrons. The number of nitrogens with one attached hydrogen (secondary N) is 1. The van der Waals surface area contributed by atoms with E-state index < -0.39 is 45.9 Å². The summed E-state index contributed by atoms with van der Waals surface area (Å²) >= 11 is 14.7. The van der Waals surface area contributed by atoms with E-state index in [2.05, 4.69) is 5.32 Å². The topological polar surface area (TPSA) is 66.5 Å². The molecule has 0 unspecified atom stereocenters. The molecule has 2 bridgehead atoms. The van der Waals surface area contributed by atoms with Gasteiger partial charge in [0.05, 0.1) is 11.8 Å². The minimum Gasteiger partial charge on any atom is -0.325 e. The van der Waals surface area contributed by atoms with Gasteiger partial charge in [-0.15, -0.1) is 23.2 Å². The molecular weight excluding hydrogens is 471 g/mol. The van der Waals surface area contributed by atoms with E-state index in [1.165, 1.54) is 0 Å². The van der Waals surface area contributed by atoms with Gasteiger partial charge in [0.25, 0.3) is 0 Å². The molecular formula is C27H20Cl2N2O3. The molecule has 3 aromatic rings. The summed E-state index contributed by atoms with van der Waals surface area (Å²) in [6, 6.07) is 22.2. The number of carbonyl (C=O) groups excluding carboxylic acids is 3. The van der Waals surface area contributed by atoms with Crippen LogP contribution in [0.1, 0.15) is 27.8 Å². The van der Waals surface area contributed by atoms with Crippen LogP contribution in [0.5, 0.6) is 0 Å². The number of benzene rings is 3. The molecule has 0 radical (unpaired) electrons. The summed E-state index contributed by atoms with van der Waals surface area (Å²) < 4.78 is 0. The zero-order valence-corrected chi connectivity index (χ0v) is 19.7. The van der Waals surface area contributed by atoms with Crippen molar-refractivity contribution < 1.29 is 14.4 Å². The molecule has 7 heteroatoms. The Labute approximate surface area is 206 Å². The van der Waals surface area contributed by atoms with Crippen LogP contribution in [-0.4, -0.2) is 29.2 Å². The number of aryl methyl sites for hydroxylation is 1. The van der Waals surface area contributed by atoms with Gasteiger partial charge < -0.3 is 5.32 Å². The molecule has 4 aliphatic rings. The Hall–Kier alpha value is -3.15. The molecule has 1 fully saturated rings. The lowest BCUT2D eigenvalue weighted by atomic mass is 9.54. The van der Waals surface area contributed by atoms with Crippen molar-refractivity contribution in [2.45, 2.75) is 16.7 Å². The van der Waals surface area contributed by atoms with Crippen molar-refractivity contribution in [1.82, 2.24) is 4.90 Å². The first kappa shape index (κ1) is 21.4. The van der Waals surface area contributed by atoms with E-state index in [0.717, 1.165) is 32.7 Å². The van der Waals surface area contributed by atoms with Crippen LogP contribution in [0.2, 0.25) is 0 Å². The molecule has 0 spiro atoms. The van der Waals surface area contributed by atoms with Crippen LogP contribution in [0.15, 0.2) is 72.8 Å². The van der Waals surface area contributed by atoms with Gasteiger partial charge in [-0.2, -0.15) is 0 Å². The number of rotatable bonds is 3. The standard InChI is InChI=1S/C27H20Cl2N2O3/c1-15-10-12-16(13-11-15)30-21(32)14-31-24(33)22-23(25(31)34)27(29)18-7-3-2-6-17(18)26(22,28)19-8-4-5-9-20(19)27/h2-13,22-23H,14H2,1H3,(H,30,32)/t22-,23+,26?,27?. The van der Waals surface area contributed by atoms with Gasteiger partial charge in [0.1, 0.15) is 16.3 Å². The van der Waals surface area contributed by atoms with E-state index >= 15 is 0 Å². The summed E-state index contributed by atoms with van der Waals surface area (Å²) in [5.41, 5.74) is 4.59. The van der Waals surface area contributed by atoms with Gasteiger partial charge in [0.15, 0.2) is 0 Å². The molecule has 34 heavy (non-hydrogen) atoms. The molecule has 1 saturated heterocycles. The van der Waals surface area contributed by atoms with Gasteiger partial charge in [-0.25, -0.2) is 0 Å². The van der Waals surface area contributed by atoms with Crippen molar-refractivity contribution in [1.29, 1.82) is 0 Å². The van der Waals surface area contributed by atoms with Crippen molar-refractivity contribution in [3.05, 3.63) is 101 Å². The predicted molar refractivity (Wildman–Crippen MR) is 130 cm³/mol. The molecule has 3 aromatic carbocycles. The van der Waals surface area contributed by atoms with Gasteiger partial charge in [-0.3, -0.25) is 19.3 Å². The average Bonchev–Trinajstić information content (AvgIpc) is 3.10. The number of imide groups is 1. The van der Waals surface area contributed by atoms with E-state index in [1.54, 1.807) is 12.1 Å². The normalized spacial score (nSPS) is 28.4. The summed E-state index contributed by atoms with van der Waals surface area (Å²) in [4.78, 5) is 38.8. The highest BCUT2D eigenvalue weighted by Crippen LogP contribution is 2.69. The molecule has 0 saturated carbocycles. The summed E-state index contributed by atoms with van der Waals surface area (Å²) in [7, 11) is 0. The Kier molecular flexibility index (Phi) is 4.51. The maximum Gasteiger partial charge on any atom is 0.244 e. The first-order valence-corrected chi connectivity index (χ1v) is 11.8. The molecule has 1 aliphatic heterocycles. The van der Waals surface area contributed by atoms with E-state index in [9.17, 15) is 14.4 Å². The molecule has 0 aromatic heterocycles. The fourth-order valence-electron chi connectivity index (χ4n) is 5.86. The highest BCUT2D eigenvalue weighted by molar-refractivity contribution is 6.36. The number of hydrogen-bond donors (Lipinski definition) is 1. The number of halogens is 2. The second-order valence-corrected chi connectivity index (χ2v) is 10.3. The average molecular weight is 491 g/mol.